The van der Waals surface area contributed by atoms with Crippen LogP contribution < -0.4 is 9.64 Å². The number of hydrogen-bond acceptors (Lipinski definition) is 4. The number of benzene rings is 3. The van der Waals surface area contributed by atoms with E-state index in [1.165, 1.54) is 0 Å². The molecule has 0 bridgehead atoms. The summed E-state index contributed by atoms with van der Waals surface area (Å²) in [6.07, 6.45) is 0. The summed E-state index contributed by atoms with van der Waals surface area (Å²) >= 11 is 0. The van der Waals surface area contributed by atoms with Gasteiger partial charge in [0.25, 0.3) is 17.7 Å². The number of fused-ring (bicyclic) bond motifs is 1. The Morgan fingerprint density at radius 2 is 1.52 bits per heavy atom. The van der Waals surface area contributed by atoms with Gasteiger partial charge in [0.2, 0.25) is 0 Å². The zero-order chi connectivity index (χ0) is 22.1. The van der Waals surface area contributed by atoms with E-state index >= 15 is 0 Å². The highest BCUT2D eigenvalue weighted by Crippen LogP contribution is 2.31. The van der Waals surface area contributed by atoms with Crippen molar-refractivity contribution in [2.75, 3.05) is 19.1 Å². The molecule has 4 rings (SSSR count). The van der Waals surface area contributed by atoms with Gasteiger partial charge in [-0.1, -0.05) is 36.4 Å². The second-order valence-electron chi connectivity index (χ2n) is 7.38. The monoisotopic (exact) mass is 414 g/mol. The number of para-hydroxylation sites is 1. The molecule has 156 valence electrons. The van der Waals surface area contributed by atoms with Gasteiger partial charge < -0.3 is 9.64 Å². The predicted molar refractivity (Wildman–Crippen MR) is 118 cm³/mol. The summed E-state index contributed by atoms with van der Waals surface area (Å²) < 4.78 is 5.42. The van der Waals surface area contributed by atoms with Gasteiger partial charge in [0, 0.05) is 18.2 Å². The first kappa shape index (κ1) is 20.3. The maximum atomic E-state index is 13.2. The van der Waals surface area contributed by atoms with E-state index in [2.05, 4.69) is 0 Å². The summed E-state index contributed by atoms with van der Waals surface area (Å²) in [6.45, 7) is 1.92. The van der Waals surface area contributed by atoms with Gasteiger partial charge in [0.05, 0.1) is 30.0 Å². The van der Waals surface area contributed by atoms with Crippen molar-refractivity contribution in [2.45, 2.75) is 13.0 Å². The highest BCUT2D eigenvalue weighted by molar-refractivity contribution is 6.34. The standard InChI is InChI=1S/C25H22N2O4/c1-16(19-11-6-7-14-22(19)31-3)26(2)23(28)17-9-8-10-18(15-17)27-24(29)20-12-4-5-13-21(20)25(27)30/h4-16H,1-3H3/t16-/m1/s1. The Morgan fingerprint density at radius 3 is 2.16 bits per heavy atom. The van der Waals surface area contributed by atoms with Crippen molar-refractivity contribution in [2.24, 2.45) is 0 Å². The lowest BCUT2D eigenvalue weighted by atomic mass is 10.0. The predicted octanol–water partition coefficient (Wildman–Crippen LogP) is 4.33. The molecule has 0 N–H and O–H groups in total. The van der Waals surface area contributed by atoms with E-state index in [1.807, 2.05) is 31.2 Å². The Balaban J connectivity index is 1.62. The molecule has 0 saturated carbocycles. The normalized spacial score (nSPS) is 13.7. The fraction of sp³-hybridized carbons (Fsp3) is 0.160. The van der Waals surface area contributed by atoms with E-state index < -0.39 is 0 Å². The van der Waals surface area contributed by atoms with Crippen molar-refractivity contribution in [3.05, 3.63) is 95.1 Å². The Morgan fingerprint density at radius 1 is 0.903 bits per heavy atom. The van der Waals surface area contributed by atoms with Crippen molar-refractivity contribution < 1.29 is 19.1 Å². The first-order valence-corrected chi connectivity index (χ1v) is 9.92. The Labute approximate surface area is 180 Å². The maximum Gasteiger partial charge on any atom is 0.266 e. The van der Waals surface area contributed by atoms with E-state index in [-0.39, 0.29) is 23.8 Å². The van der Waals surface area contributed by atoms with Gasteiger partial charge in [0.15, 0.2) is 0 Å². The van der Waals surface area contributed by atoms with Gasteiger partial charge in [-0.15, -0.1) is 0 Å². The maximum absolute atomic E-state index is 13.2. The Kier molecular flexibility index (Phi) is 5.29. The minimum Gasteiger partial charge on any atom is -0.496 e. The number of amides is 3. The third kappa shape index (κ3) is 3.46. The summed E-state index contributed by atoms with van der Waals surface area (Å²) in [5.74, 6) is -0.298. The minimum atomic E-state index is -0.388. The zero-order valence-corrected chi connectivity index (χ0v) is 17.5. The van der Waals surface area contributed by atoms with Crippen molar-refractivity contribution in [1.29, 1.82) is 0 Å². The summed E-state index contributed by atoms with van der Waals surface area (Å²) in [5, 5.41) is 0. The minimum absolute atomic E-state index is 0.225. The molecule has 0 saturated heterocycles. The van der Waals surface area contributed by atoms with Crippen LogP contribution in [0.25, 0.3) is 0 Å². The van der Waals surface area contributed by atoms with Gasteiger partial charge in [-0.2, -0.15) is 0 Å². The first-order valence-electron chi connectivity index (χ1n) is 9.92. The SMILES string of the molecule is COc1ccccc1[C@@H](C)N(C)C(=O)c1cccc(N2C(=O)c3ccccc3C2=O)c1. The number of hydrogen-bond donors (Lipinski definition) is 0. The third-order valence-corrected chi connectivity index (χ3v) is 5.64. The third-order valence-electron chi connectivity index (χ3n) is 5.64. The van der Waals surface area contributed by atoms with Crippen LogP contribution in [0.1, 0.15) is 49.6 Å². The van der Waals surface area contributed by atoms with Crippen LogP contribution in [0.4, 0.5) is 5.69 Å². The van der Waals surface area contributed by atoms with Crippen LogP contribution in [0.15, 0.2) is 72.8 Å². The van der Waals surface area contributed by atoms with Crippen molar-refractivity contribution in [3.63, 3.8) is 0 Å². The summed E-state index contributed by atoms with van der Waals surface area (Å²) in [6, 6.07) is 20.6. The van der Waals surface area contributed by atoms with Crippen LogP contribution in [-0.2, 0) is 0 Å². The number of rotatable bonds is 5. The van der Waals surface area contributed by atoms with E-state index in [4.69, 9.17) is 4.74 Å². The Bertz CT molecular complexity index is 1150. The van der Waals surface area contributed by atoms with Gasteiger partial charge in [0.1, 0.15) is 5.75 Å². The molecule has 0 fully saturated rings. The molecular weight excluding hydrogens is 392 g/mol. The number of anilines is 1. The van der Waals surface area contributed by atoms with E-state index in [0.717, 1.165) is 10.5 Å². The van der Waals surface area contributed by atoms with E-state index in [0.29, 0.717) is 28.1 Å². The van der Waals surface area contributed by atoms with Crippen LogP contribution >= 0.6 is 0 Å². The molecule has 0 radical (unpaired) electrons. The molecule has 1 aliphatic rings. The molecule has 6 nitrogen and oxygen atoms in total. The topological polar surface area (TPSA) is 66.9 Å². The second-order valence-corrected chi connectivity index (χ2v) is 7.38. The van der Waals surface area contributed by atoms with Crippen molar-refractivity contribution in [1.82, 2.24) is 4.90 Å². The second kappa shape index (κ2) is 8.07. The summed E-state index contributed by atoms with van der Waals surface area (Å²) in [5.41, 5.74) is 2.38. The van der Waals surface area contributed by atoms with Crippen LogP contribution in [-0.4, -0.2) is 36.8 Å². The molecule has 3 amide bonds. The van der Waals surface area contributed by atoms with Crippen LogP contribution in [0.2, 0.25) is 0 Å². The zero-order valence-electron chi connectivity index (χ0n) is 17.5. The quantitative estimate of drug-likeness (QED) is 0.583. The molecule has 31 heavy (non-hydrogen) atoms. The lowest BCUT2D eigenvalue weighted by Crippen LogP contribution is -2.31. The van der Waals surface area contributed by atoms with Crippen molar-refractivity contribution in [3.8, 4) is 5.75 Å². The smallest absolute Gasteiger partial charge is 0.266 e. The van der Waals surface area contributed by atoms with Gasteiger partial charge >= 0.3 is 0 Å². The number of methoxy groups -OCH3 is 1. The highest BCUT2D eigenvalue weighted by atomic mass is 16.5. The lowest BCUT2D eigenvalue weighted by Gasteiger charge is -2.27. The molecule has 0 aromatic heterocycles. The molecule has 3 aromatic rings. The van der Waals surface area contributed by atoms with Crippen LogP contribution in [0, 0.1) is 0 Å². The molecule has 3 aromatic carbocycles. The average molecular weight is 414 g/mol. The van der Waals surface area contributed by atoms with Gasteiger partial charge in [-0.3, -0.25) is 14.4 Å². The molecule has 1 aliphatic heterocycles. The van der Waals surface area contributed by atoms with Gasteiger partial charge in [-0.25, -0.2) is 4.90 Å². The molecule has 1 heterocycles. The largest absolute Gasteiger partial charge is 0.496 e. The first-order chi connectivity index (χ1) is 14.9. The number of imide groups is 1. The molecular formula is C25H22N2O4. The molecule has 0 spiro atoms. The molecule has 6 heteroatoms. The summed E-state index contributed by atoms with van der Waals surface area (Å²) in [4.78, 5) is 41.5. The average Bonchev–Trinajstić information content (AvgIpc) is 3.07. The van der Waals surface area contributed by atoms with Gasteiger partial charge in [-0.05, 0) is 43.3 Å². The van der Waals surface area contributed by atoms with Crippen LogP contribution in [0.5, 0.6) is 5.75 Å². The fourth-order valence-electron chi connectivity index (χ4n) is 3.80. The number of ether oxygens (including phenoxy) is 1. The van der Waals surface area contributed by atoms with E-state index in [1.54, 1.807) is 67.6 Å². The molecule has 0 unspecified atom stereocenters. The lowest BCUT2D eigenvalue weighted by molar-refractivity contribution is 0.0740. The van der Waals surface area contributed by atoms with Crippen LogP contribution in [0.3, 0.4) is 0 Å². The number of nitrogens with zero attached hydrogens (tertiary/aromatic N) is 2. The molecule has 0 aliphatic carbocycles. The summed E-state index contributed by atoms with van der Waals surface area (Å²) in [7, 11) is 3.31. The highest BCUT2D eigenvalue weighted by Gasteiger charge is 2.36. The Hall–Kier alpha value is -3.93. The van der Waals surface area contributed by atoms with Crippen molar-refractivity contribution >= 4 is 23.4 Å². The van der Waals surface area contributed by atoms with E-state index in [9.17, 15) is 14.4 Å². The molecule has 1 atom stereocenters. The number of carbonyl (C=O) groups is 3. The fourth-order valence-corrected chi connectivity index (χ4v) is 3.80. The number of carbonyl (C=O) groups excluding carboxylic acids is 3.